The molecule has 0 fully saturated rings. The van der Waals surface area contributed by atoms with Crippen LogP contribution in [0.5, 0.6) is 0 Å². The number of carbonyl (C=O) groups is 1. The molecule has 0 saturated heterocycles. The first-order chi connectivity index (χ1) is 9.52. The van der Waals surface area contributed by atoms with Crippen LogP contribution in [0, 0.1) is 0 Å². The molecule has 0 radical (unpaired) electrons. The zero-order valence-corrected chi connectivity index (χ0v) is 13.5. The second kappa shape index (κ2) is 6.88. The number of nitrogens with zero attached hydrogens (tertiary/aromatic N) is 1. The molecular weight excluding hydrogens is 338 g/mol. The lowest BCUT2D eigenvalue weighted by Gasteiger charge is -2.15. The normalized spacial score (nSPS) is 10.8. The summed E-state index contributed by atoms with van der Waals surface area (Å²) in [6, 6.07) is 9.24. The third-order valence-corrected chi connectivity index (χ3v) is 4.21. The van der Waals surface area contributed by atoms with Crippen molar-refractivity contribution in [3.8, 4) is 0 Å². The molecule has 1 aromatic carbocycles. The van der Waals surface area contributed by atoms with E-state index in [1.807, 2.05) is 24.1 Å². The van der Waals surface area contributed by atoms with E-state index in [9.17, 15) is 4.79 Å². The Morgan fingerprint density at radius 3 is 2.90 bits per heavy atom. The molecule has 4 nitrogen and oxygen atoms in total. The van der Waals surface area contributed by atoms with Gasteiger partial charge in [0.2, 0.25) is 5.91 Å². The van der Waals surface area contributed by atoms with E-state index in [1.54, 1.807) is 23.5 Å². The largest absolute Gasteiger partial charge is 0.399 e. The number of amides is 1. The molecule has 0 saturated carbocycles. The van der Waals surface area contributed by atoms with Gasteiger partial charge >= 0.3 is 0 Å². The monoisotopic (exact) mass is 353 g/mol. The SMILES string of the molecule is CN(CC(=O)Nc1cccc(N)c1)Cc1csc(Br)c1. The molecule has 0 unspecified atom stereocenters. The minimum absolute atomic E-state index is 0.0487. The molecule has 20 heavy (non-hydrogen) atoms. The lowest BCUT2D eigenvalue weighted by molar-refractivity contribution is -0.117. The minimum Gasteiger partial charge on any atom is -0.399 e. The lowest BCUT2D eigenvalue weighted by atomic mass is 10.3. The van der Waals surface area contributed by atoms with Crippen LogP contribution in [0.15, 0.2) is 39.5 Å². The van der Waals surface area contributed by atoms with Crippen molar-refractivity contribution in [2.24, 2.45) is 0 Å². The van der Waals surface area contributed by atoms with E-state index in [-0.39, 0.29) is 5.91 Å². The molecule has 0 aliphatic rings. The smallest absolute Gasteiger partial charge is 0.238 e. The fourth-order valence-electron chi connectivity index (χ4n) is 1.86. The van der Waals surface area contributed by atoms with Gasteiger partial charge in [-0.25, -0.2) is 0 Å². The van der Waals surface area contributed by atoms with E-state index in [1.165, 1.54) is 5.56 Å². The molecule has 1 amide bonds. The zero-order valence-electron chi connectivity index (χ0n) is 11.1. The van der Waals surface area contributed by atoms with Gasteiger partial charge in [0.05, 0.1) is 10.3 Å². The summed E-state index contributed by atoms with van der Waals surface area (Å²) in [6.07, 6.45) is 0. The van der Waals surface area contributed by atoms with Gasteiger partial charge in [0, 0.05) is 17.9 Å². The van der Waals surface area contributed by atoms with Crippen molar-refractivity contribution in [2.75, 3.05) is 24.6 Å². The highest BCUT2D eigenvalue weighted by Gasteiger charge is 2.08. The number of likely N-dealkylation sites (N-methyl/N-ethyl adjacent to an activating group) is 1. The van der Waals surface area contributed by atoms with Crippen LogP contribution < -0.4 is 11.1 Å². The maximum Gasteiger partial charge on any atom is 0.238 e. The summed E-state index contributed by atoms with van der Waals surface area (Å²) in [6.45, 7) is 1.08. The van der Waals surface area contributed by atoms with Crippen molar-refractivity contribution in [3.05, 3.63) is 45.1 Å². The number of carbonyl (C=O) groups excluding carboxylic acids is 1. The van der Waals surface area contributed by atoms with Gasteiger partial charge in [-0.3, -0.25) is 9.69 Å². The Bertz CT molecular complexity index is 600. The fourth-order valence-corrected chi connectivity index (χ4v) is 3.06. The summed E-state index contributed by atoms with van der Waals surface area (Å²) in [5.74, 6) is -0.0487. The predicted molar refractivity (Wildman–Crippen MR) is 87.8 cm³/mol. The highest BCUT2D eigenvalue weighted by Crippen LogP contribution is 2.21. The van der Waals surface area contributed by atoms with Gasteiger partial charge in [-0.15, -0.1) is 11.3 Å². The number of benzene rings is 1. The van der Waals surface area contributed by atoms with Gasteiger partial charge in [0.25, 0.3) is 0 Å². The van der Waals surface area contributed by atoms with Crippen molar-refractivity contribution in [1.29, 1.82) is 0 Å². The molecule has 106 valence electrons. The molecule has 1 heterocycles. The van der Waals surface area contributed by atoms with Gasteiger partial charge < -0.3 is 11.1 Å². The summed E-state index contributed by atoms with van der Waals surface area (Å²) in [4.78, 5) is 13.9. The fraction of sp³-hybridized carbons (Fsp3) is 0.214. The Morgan fingerprint density at radius 2 is 2.25 bits per heavy atom. The summed E-state index contributed by atoms with van der Waals surface area (Å²) in [5.41, 5.74) is 8.23. The first-order valence-electron chi connectivity index (χ1n) is 6.10. The van der Waals surface area contributed by atoms with Crippen molar-refractivity contribution >= 4 is 44.5 Å². The number of nitrogen functional groups attached to an aromatic ring is 1. The molecule has 2 rings (SSSR count). The third kappa shape index (κ3) is 4.63. The second-order valence-corrected chi connectivity index (χ2v) is 6.90. The van der Waals surface area contributed by atoms with Gasteiger partial charge in [0.1, 0.15) is 0 Å². The van der Waals surface area contributed by atoms with Crippen LogP contribution >= 0.6 is 27.3 Å². The molecule has 0 bridgehead atoms. The number of rotatable bonds is 5. The Kier molecular flexibility index (Phi) is 5.17. The van der Waals surface area contributed by atoms with Crippen LogP contribution in [0.3, 0.4) is 0 Å². The molecule has 6 heteroatoms. The average molecular weight is 354 g/mol. The highest BCUT2D eigenvalue weighted by molar-refractivity contribution is 9.11. The predicted octanol–water partition coefficient (Wildman–Crippen LogP) is 3.16. The maximum atomic E-state index is 11.9. The highest BCUT2D eigenvalue weighted by atomic mass is 79.9. The Balaban J connectivity index is 1.84. The maximum absolute atomic E-state index is 11.9. The van der Waals surface area contributed by atoms with Gasteiger partial charge in [-0.2, -0.15) is 0 Å². The zero-order chi connectivity index (χ0) is 14.5. The molecule has 1 aromatic heterocycles. The van der Waals surface area contributed by atoms with Crippen LogP contribution in [0.4, 0.5) is 11.4 Å². The number of halogens is 1. The molecule has 3 N–H and O–H groups in total. The van der Waals surface area contributed by atoms with Crippen LogP contribution in [0.25, 0.3) is 0 Å². The summed E-state index contributed by atoms with van der Waals surface area (Å²) < 4.78 is 1.10. The summed E-state index contributed by atoms with van der Waals surface area (Å²) in [5, 5.41) is 4.92. The van der Waals surface area contributed by atoms with E-state index < -0.39 is 0 Å². The molecule has 0 aliphatic heterocycles. The Labute approximate surface area is 130 Å². The summed E-state index contributed by atoms with van der Waals surface area (Å²) in [7, 11) is 1.92. The standard InChI is InChI=1S/C14H16BrN3OS/c1-18(7-10-5-13(15)20-9-10)8-14(19)17-12-4-2-3-11(16)6-12/h2-6,9H,7-8,16H2,1H3,(H,17,19). The topological polar surface area (TPSA) is 58.4 Å². The van der Waals surface area contributed by atoms with E-state index in [0.29, 0.717) is 12.2 Å². The second-order valence-electron chi connectivity index (χ2n) is 4.60. The number of nitrogens with one attached hydrogen (secondary N) is 1. The number of hydrogen-bond acceptors (Lipinski definition) is 4. The average Bonchev–Trinajstić information content (AvgIpc) is 2.74. The molecule has 0 aliphatic carbocycles. The van der Waals surface area contributed by atoms with Gasteiger partial charge in [0.15, 0.2) is 0 Å². The molecular formula is C14H16BrN3OS. The Hall–Kier alpha value is -1.37. The van der Waals surface area contributed by atoms with Crippen molar-refractivity contribution in [3.63, 3.8) is 0 Å². The quantitative estimate of drug-likeness (QED) is 0.811. The molecule has 0 spiro atoms. The molecule has 2 aromatic rings. The lowest BCUT2D eigenvalue weighted by Crippen LogP contribution is -2.29. The first-order valence-corrected chi connectivity index (χ1v) is 7.77. The van der Waals surface area contributed by atoms with Crippen LogP contribution in [-0.2, 0) is 11.3 Å². The van der Waals surface area contributed by atoms with E-state index in [0.717, 1.165) is 16.0 Å². The van der Waals surface area contributed by atoms with Gasteiger partial charge in [-0.1, -0.05) is 6.07 Å². The first kappa shape index (κ1) is 15.0. The van der Waals surface area contributed by atoms with Crippen LogP contribution in [-0.4, -0.2) is 24.4 Å². The van der Waals surface area contributed by atoms with Crippen molar-refractivity contribution < 1.29 is 4.79 Å². The number of thiophene rings is 1. The molecule has 0 atom stereocenters. The minimum atomic E-state index is -0.0487. The van der Waals surface area contributed by atoms with Crippen molar-refractivity contribution in [1.82, 2.24) is 4.90 Å². The number of nitrogens with two attached hydrogens (primary N) is 1. The van der Waals surface area contributed by atoms with Crippen molar-refractivity contribution in [2.45, 2.75) is 6.54 Å². The van der Waals surface area contributed by atoms with E-state index in [4.69, 9.17) is 5.73 Å². The van der Waals surface area contributed by atoms with Gasteiger partial charge in [-0.05, 0) is 58.2 Å². The number of hydrogen-bond donors (Lipinski definition) is 2. The van der Waals surface area contributed by atoms with E-state index >= 15 is 0 Å². The van der Waals surface area contributed by atoms with Crippen LogP contribution in [0.2, 0.25) is 0 Å². The van der Waals surface area contributed by atoms with Crippen LogP contribution in [0.1, 0.15) is 5.56 Å². The summed E-state index contributed by atoms with van der Waals surface area (Å²) >= 11 is 5.08. The van der Waals surface area contributed by atoms with E-state index in [2.05, 4.69) is 32.7 Å². The third-order valence-electron chi connectivity index (χ3n) is 2.66. The Morgan fingerprint density at radius 1 is 1.45 bits per heavy atom. The number of anilines is 2.